The highest BCUT2D eigenvalue weighted by Crippen LogP contribution is 2.32. The van der Waals surface area contributed by atoms with Crippen LogP contribution in [0.2, 0.25) is 0 Å². The summed E-state index contributed by atoms with van der Waals surface area (Å²) in [7, 11) is -3.51. The Hall–Kier alpha value is -1.94. The number of nitrogens with zero attached hydrogens (tertiary/aromatic N) is 2. The summed E-state index contributed by atoms with van der Waals surface area (Å²) in [5.74, 6) is -0.436. The maximum absolute atomic E-state index is 13.1. The fourth-order valence-electron chi connectivity index (χ4n) is 3.34. The van der Waals surface area contributed by atoms with Crippen LogP contribution in [-0.2, 0) is 26.7 Å². The average molecular weight is 466 g/mol. The van der Waals surface area contributed by atoms with Gasteiger partial charge in [-0.2, -0.15) is 0 Å². The Morgan fingerprint density at radius 2 is 1.77 bits per heavy atom. The van der Waals surface area contributed by atoms with Crippen LogP contribution in [0.1, 0.15) is 91.1 Å². The molecular weight excluding hydrogens is 434 g/mol. The standard InChI is InChI=1S/C22H31N3O4S2/c1-12(2)16-8-15(11-26)9-17(13(3)4)18(16)10-19(27)25-31(23,29)20-14(5)24-21(30-20)22(6,7)28/h8-9,11-13,28H,10H2,1-7H3,(H2,23,25,27,29). The van der Waals surface area contributed by atoms with Crippen LogP contribution in [0.4, 0.5) is 0 Å². The summed E-state index contributed by atoms with van der Waals surface area (Å²) in [4.78, 5) is 28.5. The molecule has 170 valence electrons. The number of hydrogen-bond donors (Lipinski definition) is 2. The Labute approximate surface area is 188 Å². The van der Waals surface area contributed by atoms with Gasteiger partial charge >= 0.3 is 0 Å². The van der Waals surface area contributed by atoms with Crippen LogP contribution in [0.5, 0.6) is 0 Å². The van der Waals surface area contributed by atoms with E-state index in [0.717, 1.165) is 34.3 Å². The Kier molecular flexibility index (Phi) is 7.58. The third-order valence-electron chi connectivity index (χ3n) is 4.83. The van der Waals surface area contributed by atoms with Crippen LogP contribution < -0.4 is 5.14 Å². The normalized spacial score (nSPS) is 14.0. The van der Waals surface area contributed by atoms with Crippen LogP contribution in [0.25, 0.3) is 0 Å². The van der Waals surface area contributed by atoms with Gasteiger partial charge in [-0.25, -0.2) is 14.3 Å². The maximum atomic E-state index is 13.1. The second-order valence-electron chi connectivity index (χ2n) is 8.79. The Bertz CT molecular complexity index is 1090. The first-order valence-electron chi connectivity index (χ1n) is 10.1. The minimum Gasteiger partial charge on any atom is -0.383 e. The smallest absolute Gasteiger partial charge is 0.259 e. The number of amides is 1. The Balaban J connectivity index is 2.53. The van der Waals surface area contributed by atoms with Crippen molar-refractivity contribution < 1.29 is 18.9 Å². The third kappa shape index (κ3) is 5.85. The molecule has 1 amide bonds. The largest absolute Gasteiger partial charge is 0.383 e. The lowest BCUT2D eigenvalue weighted by Gasteiger charge is -2.20. The molecule has 0 aliphatic rings. The molecule has 0 fully saturated rings. The summed E-state index contributed by atoms with van der Waals surface area (Å²) in [6, 6.07) is 3.57. The third-order valence-corrected chi connectivity index (χ3v) is 8.36. The molecule has 0 aliphatic carbocycles. The number of carbonyl (C=O) groups excluding carboxylic acids is 2. The molecule has 1 aromatic heterocycles. The number of benzene rings is 1. The van der Waals surface area contributed by atoms with Crippen LogP contribution in [0.3, 0.4) is 0 Å². The van der Waals surface area contributed by atoms with Gasteiger partial charge in [0.05, 0.1) is 12.1 Å². The number of aliphatic hydroxyl groups is 1. The van der Waals surface area contributed by atoms with E-state index in [4.69, 9.17) is 5.14 Å². The lowest BCUT2D eigenvalue weighted by atomic mass is 9.85. The number of rotatable bonds is 7. The van der Waals surface area contributed by atoms with Gasteiger partial charge in [-0.15, -0.1) is 15.7 Å². The number of aldehydes is 1. The van der Waals surface area contributed by atoms with Gasteiger partial charge in [0.2, 0.25) is 0 Å². The molecule has 3 N–H and O–H groups in total. The highest BCUT2D eigenvalue weighted by Gasteiger charge is 2.26. The van der Waals surface area contributed by atoms with Gasteiger partial charge in [0, 0.05) is 5.56 Å². The first-order chi connectivity index (χ1) is 14.2. The minimum absolute atomic E-state index is 0.0649. The van der Waals surface area contributed by atoms with Crippen LogP contribution in [-0.4, -0.2) is 26.5 Å². The van der Waals surface area contributed by atoms with Gasteiger partial charge in [0.1, 0.15) is 21.1 Å². The quantitative estimate of drug-likeness (QED) is 0.593. The van der Waals surface area contributed by atoms with Gasteiger partial charge in [-0.3, -0.25) is 9.59 Å². The second kappa shape index (κ2) is 9.28. The topological polar surface area (TPSA) is 123 Å². The van der Waals surface area contributed by atoms with Gasteiger partial charge in [-0.05, 0) is 61.4 Å². The number of carbonyl (C=O) groups is 2. The van der Waals surface area contributed by atoms with E-state index in [2.05, 4.69) is 9.35 Å². The van der Waals surface area contributed by atoms with Crippen LogP contribution in [0.15, 0.2) is 20.7 Å². The van der Waals surface area contributed by atoms with Gasteiger partial charge in [0.25, 0.3) is 5.91 Å². The molecule has 2 aromatic rings. The maximum Gasteiger partial charge on any atom is 0.259 e. The second-order valence-corrected chi connectivity index (χ2v) is 11.8. The SMILES string of the molecule is Cc1nc(C(C)(C)O)sc1S(N)(=O)=NC(=O)Cc1c(C(C)C)cc(C=O)cc1C(C)C. The first-order valence-corrected chi connectivity index (χ1v) is 12.5. The monoisotopic (exact) mass is 465 g/mol. The molecule has 31 heavy (non-hydrogen) atoms. The van der Waals surface area contributed by atoms with Crippen molar-refractivity contribution in [1.29, 1.82) is 0 Å². The molecule has 1 aromatic carbocycles. The van der Waals surface area contributed by atoms with Gasteiger partial charge < -0.3 is 5.11 Å². The molecule has 0 spiro atoms. The van der Waals surface area contributed by atoms with E-state index in [-0.39, 0.29) is 22.5 Å². The minimum atomic E-state index is -3.51. The van der Waals surface area contributed by atoms with E-state index in [9.17, 15) is 18.9 Å². The number of thiazole rings is 1. The lowest BCUT2D eigenvalue weighted by molar-refractivity contribution is -0.117. The van der Waals surface area contributed by atoms with Crippen molar-refractivity contribution in [1.82, 2.24) is 4.98 Å². The molecular formula is C22H31N3O4S2. The zero-order chi connectivity index (χ0) is 23.7. The van der Waals surface area contributed by atoms with E-state index in [1.54, 1.807) is 32.9 Å². The average Bonchev–Trinajstić information content (AvgIpc) is 3.04. The highest BCUT2D eigenvalue weighted by atomic mass is 32.2. The molecule has 1 heterocycles. The summed E-state index contributed by atoms with van der Waals surface area (Å²) in [6.45, 7) is 12.7. The predicted octanol–water partition coefficient (Wildman–Crippen LogP) is 4.21. The Morgan fingerprint density at radius 3 is 2.16 bits per heavy atom. The summed E-state index contributed by atoms with van der Waals surface area (Å²) in [6.07, 6.45) is 0.734. The van der Waals surface area contributed by atoms with Crippen molar-refractivity contribution in [2.75, 3.05) is 0 Å². The van der Waals surface area contributed by atoms with Gasteiger partial charge in [0.15, 0.2) is 9.92 Å². The summed E-state index contributed by atoms with van der Waals surface area (Å²) < 4.78 is 17.2. The molecule has 1 unspecified atom stereocenters. The van der Waals surface area contributed by atoms with Crippen molar-refractivity contribution in [2.24, 2.45) is 9.50 Å². The van der Waals surface area contributed by atoms with Crippen molar-refractivity contribution in [3.63, 3.8) is 0 Å². The van der Waals surface area contributed by atoms with E-state index in [1.165, 1.54) is 0 Å². The zero-order valence-corrected chi connectivity index (χ0v) is 20.7. The van der Waals surface area contributed by atoms with Crippen molar-refractivity contribution >= 4 is 33.4 Å². The van der Waals surface area contributed by atoms with E-state index < -0.39 is 21.4 Å². The Morgan fingerprint density at radius 1 is 1.26 bits per heavy atom. The summed E-state index contributed by atoms with van der Waals surface area (Å²) in [5, 5.41) is 16.5. The fraction of sp³-hybridized carbons (Fsp3) is 0.500. The zero-order valence-electron chi connectivity index (χ0n) is 19.1. The van der Waals surface area contributed by atoms with E-state index in [0.29, 0.717) is 16.3 Å². The number of hydrogen-bond acceptors (Lipinski definition) is 6. The van der Waals surface area contributed by atoms with E-state index in [1.807, 2.05) is 27.7 Å². The molecule has 1 atom stereocenters. The van der Waals surface area contributed by atoms with Crippen LogP contribution >= 0.6 is 11.3 Å². The number of aromatic nitrogens is 1. The lowest BCUT2D eigenvalue weighted by Crippen LogP contribution is -2.17. The molecule has 0 radical (unpaired) electrons. The van der Waals surface area contributed by atoms with E-state index >= 15 is 0 Å². The number of nitrogens with two attached hydrogens (primary N) is 1. The van der Waals surface area contributed by atoms with Gasteiger partial charge in [-0.1, -0.05) is 27.7 Å². The first kappa shape index (κ1) is 25.3. The molecule has 2 rings (SSSR count). The summed E-state index contributed by atoms with van der Waals surface area (Å²) >= 11 is 0.996. The molecule has 0 bridgehead atoms. The molecule has 7 nitrogen and oxygen atoms in total. The molecule has 0 saturated carbocycles. The molecule has 0 saturated heterocycles. The predicted molar refractivity (Wildman–Crippen MR) is 124 cm³/mol. The van der Waals surface area contributed by atoms with Crippen molar-refractivity contribution in [2.45, 2.75) is 76.5 Å². The van der Waals surface area contributed by atoms with Crippen molar-refractivity contribution in [3.8, 4) is 0 Å². The van der Waals surface area contributed by atoms with Crippen molar-refractivity contribution in [3.05, 3.63) is 45.1 Å². The fourth-order valence-corrected chi connectivity index (χ4v) is 5.88. The summed E-state index contributed by atoms with van der Waals surface area (Å²) in [5.41, 5.74) is 2.29. The highest BCUT2D eigenvalue weighted by molar-refractivity contribution is 7.93. The van der Waals surface area contributed by atoms with Crippen LogP contribution in [0, 0.1) is 6.92 Å². The number of aryl methyl sites for hydroxylation is 1. The molecule has 9 heteroatoms. The molecule has 0 aliphatic heterocycles.